The average Bonchev–Trinajstić information content (AvgIpc) is 3.56. The smallest absolute Gasteiger partial charge is 0.0582 e. The molecule has 5 nitrogen and oxygen atoms in total. The van der Waals surface area contributed by atoms with Gasteiger partial charge < -0.3 is 0 Å². The van der Waals surface area contributed by atoms with E-state index >= 15 is 0 Å². The molecule has 0 fully saturated rings. The molecule has 3 heterocycles. The Labute approximate surface area is 312 Å². The molecule has 1 aliphatic rings. The topological polar surface area (TPSA) is 36.9 Å². The predicted molar refractivity (Wildman–Crippen MR) is 207 cm³/mol. The summed E-state index contributed by atoms with van der Waals surface area (Å²) in [4.78, 5) is 4.90. The third-order valence-corrected chi connectivity index (χ3v) is 13.9. The number of hydrogen-bond acceptors (Lipinski definition) is 2. The van der Waals surface area contributed by atoms with E-state index < -0.39 is 0 Å². The fourth-order valence-corrected chi connectivity index (χ4v) is 9.32. The number of pyridine rings is 1. The van der Waals surface area contributed by atoms with Gasteiger partial charge in [0.25, 0.3) is 0 Å². The third kappa shape index (κ3) is 4.83. The van der Waals surface area contributed by atoms with E-state index in [9.17, 15) is 0 Å². The summed E-state index contributed by atoms with van der Waals surface area (Å²) in [5.41, 5.74) is 11.2. The Bertz CT molecular complexity index is 2620. The summed E-state index contributed by atoms with van der Waals surface area (Å²) in [6.45, 7) is 23.5. The fraction of sp³-hybridized carbons (Fsp3) is 0.333. The molecule has 7 aromatic rings. The monoisotopic (exact) mass is 855 g/mol. The van der Waals surface area contributed by atoms with Gasteiger partial charge in [0.15, 0.2) is 0 Å². The van der Waals surface area contributed by atoms with Crippen molar-refractivity contribution in [1.29, 1.82) is 0 Å². The average molecular weight is 856 g/mol. The van der Waals surface area contributed by atoms with Gasteiger partial charge in [-0.25, -0.2) is 0 Å². The van der Waals surface area contributed by atoms with Crippen molar-refractivity contribution in [3.05, 3.63) is 117 Å². The first-order valence-corrected chi connectivity index (χ1v) is 19.1. The van der Waals surface area contributed by atoms with Crippen LogP contribution in [0.4, 0.5) is 0 Å². The zero-order chi connectivity index (χ0) is 36.4. The van der Waals surface area contributed by atoms with E-state index in [2.05, 4.69) is 188 Å². The van der Waals surface area contributed by atoms with Crippen LogP contribution in [0.1, 0.15) is 84.6 Å². The third-order valence-electron chi connectivity index (χ3n) is 12.6. The van der Waals surface area contributed by atoms with Crippen molar-refractivity contribution in [3.8, 4) is 23.0 Å². The van der Waals surface area contributed by atoms with E-state index in [0.29, 0.717) is 0 Å². The minimum Gasteiger partial charge on any atom is -0.0582 e. The van der Waals surface area contributed by atoms with Crippen molar-refractivity contribution >= 4 is 32.8 Å². The van der Waals surface area contributed by atoms with Gasteiger partial charge in [-0.15, -0.1) is 0 Å². The summed E-state index contributed by atoms with van der Waals surface area (Å²) in [5.74, 6) is 2.50. The molecular formula is C45H48N4OPt. The van der Waals surface area contributed by atoms with Gasteiger partial charge in [-0.3, -0.25) is 0 Å². The van der Waals surface area contributed by atoms with Crippen LogP contribution < -0.4 is 4.74 Å². The first kappa shape index (κ1) is 33.9. The predicted octanol–water partition coefficient (Wildman–Crippen LogP) is 11.5. The number of benzene rings is 4. The Morgan fingerprint density at radius 3 is 2.16 bits per heavy atom. The quantitative estimate of drug-likeness (QED) is 0.177. The van der Waals surface area contributed by atoms with E-state index in [1.54, 1.807) is 0 Å². The van der Waals surface area contributed by atoms with Crippen LogP contribution in [0.3, 0.4) is 0 Å². The summed E-state index contributed by atoms with van der Waals surface area (Å²) < 4.78 is 14.8. The molecule has 51 heavy (non-hydrogen) atoms. The van der Waals surface area contributed by atoms with Crippen molar-refractivity contribution < 1.29 is 24.1 Å². The van der Waals surface area contributed by atoms with Gasteiger partial charge in [-0.1, -0.05) is 47.6 Å². The zero-order valence-electron chi connectivity index (χ0n) is 31.7. The molecule has 8 rings (SSSR count). The molecule has 0 unspecified atom stereocenters. The van der Waals surface area contributed by atoms with Gasteiger partial charge in [0.2, 0.25) is 0 Å². The Kier molecular flexibility index (Phi) is 7.41. The number of rotatable bonds is 4. The molecule has 0 spiro atoms. The SMILES string of the molecule is Cc1ccnc(-n2c3cc(Oc4cccc(-n5[c](=[Pt])n(C)c6cc(C(C)(C)C)ccc65)c4)ccc3c3c4c(ccc32)C(C)(C)C(C)(C)C4(C)C)c1. The van der Waals surface area contributed by atoms with Crippen molar-refractivity contribution in [2.45, 2.75) is 85.5 Å². The molecule has 4 aromatic carbocycles. The number of hydrogen-bond donors (Lipinski definition) is 0. The normalized spacial score (nSPS) is 16.3. The van der Waals surface area contributed by atoms with E-state index in [4.69, 9.17) is 9.72 Å². The number of aromatic nitrogens is 4. The molecule has 3 aromatic heterocycles. The second-order valence-electron chi connectivity index (χ2n) is 17.2. The first-order valence-electron chi connectivity index (χ1n) is 17.9. The molecular weight excluding hydrogens is 808 g/mol. The Morgan fingerprint density at radius 1 is 0.706 bits per heavy atom. The maximum atomic E-state index is 6.73. The van der Waals surface area contributed by atoms with Crippen molar-refractivity contribution in [3.63, 3.8) is 0 Å². The molecule has 0 saturated heterocycles. The zero-order valence-corrected chi connectivity index (χ0v) is 33.9. The van der Waals surface area contributed by atoms with E-state index in [1.165, 1.54) is 49.6 Å². The van der Waals surface area contributed by atoms with E-state index in [-0.39, 0.29) is 21.7 Å². The van der Waals surface area contributed by atoms with Crippen LogP contribution in [0.25, 0.3) is 44.3 Å². The number of nitrogens with zero attached hydrogens (tertiary/aromatic N) is 4. The Balaban J connectivity index is 1.29. The molecule has 0 saturated carbocycles. The Hall–Kier alpha value is -4.21. The summed E-state index contributed by atoms with van der Waals surface area (Å²) in [5, 5.41) is 2.54. The van der Waals surface area contributed by atoms with Crippen LogP contribution in [0, 0.1) is 16.1 Å². The van der Waals surface area contributed by atoms with Crippen LogP contribution in [0.2, 0.25) is 0 Å². The number of ether oxygens (including phenoxy) is 1. The van der Waals surface area contributed by atoms with Gasteiger partial charge in [-0.05, 0) is 40.4 Å². The summed E-state index contributed by atoms with van der Waals surface area (Å²) >= 11 is 2.43. The van der Waals surface area contributed by atoms with Crippen molar-refractivity contribution in [2.75, 3.05) is 0 Å². The molecule has 0 radical (unpaired) electrons. The van der Waals surface area contributed by atoms with Gasteiger partial charge in [0.1, 0.15) is 0 Å². The summed E-state index contributed by atoms with van der Waals surface area (Å²) in [6.07, 6.45) is 1.91. The summed E-state index contributed by atoms with van der Waals surface area (Å²) in [6, 6.07) is 30.7. The minimum atomic E-state index is -0.0503. The van der Waals surface area contributed by atoms with Crippen LogP contribution in [0.5, 0.6) is 11.5 Å². The second-order valence-corrected chi connectivity index (χ2v) is 18.2. The molecule has 6 heteroatoms. The number of imidazole rings is 1. The standard InChI is InChI=1S/C45H48N4O.Pt/c1-28-21-22-46-39(23-28)49-36-20-18-34-41(44(7,8)45(9,10)43(34,5)6)40(36)33-17-16-32(26-37(33)49)50-31-14-12-13-30(25-31)48-27-47(11)38-24-29(42(2,3)4)15-19-35(38)48;/h12-26H,1-11H3;. The van der Waals surface area contributed by atoms with Gasteiger partial charge in [0, 0.05) is 6.20 Å². The minimum absolute atomic E-state index is 0.0128. The van der Waals surface area contributed by atoms with E-state index in [1.807, 2.05) is 12.3 Å². The molecule has 1 aliphatic carbocycles. The molecule has 0 atom stereocenters. The van der Waals surface area contributed by atoms with Crippen LogP contribution >= 0.6 is 0 Å². The fourth-order valence-electron chi connectivity index (χ4n) is 8.48. The summed E-state index contributed by atoms with van der Waals surface area (Å²) in [7, 11) is 2.14. The molecule has 0 N–H and O–H groups in total. The molecule has 264 valence electrons. The van der Waals surface area contributed by atoms with Crippen LogP contribution in [0.15, 0.2) is 91.1 Å². The molecule has 0 bridgehead atoms. The van der Waals surface area contributed by atoms with Crippen LogP contribution in [-0.4, -0.2) is 18.7 Å². The van der Waals surface area contributed by atoms with Gasteiger partial charge in [0.05, 0.1) is 0 Å². The van der Waals surface area contributed by atoms with Crippen molar-refractivity contribution in [2.24, 2.45) is 12.5 Å². The maximum absolute atomic E-state index is 6.73. The molecule has 0 aliphatic heterocycles. The first-order chi connectivity index (χ1) is 23.9. The van der Waals surface area contributed by atoms with Crippen molar-refractivity contribution in [1.82, 2.24) is 18.7 Å². The van der Waals surface area contributed by atoms with E-state index in [0.717, 1.165) is 32.3 Å². The Morgan fingerprint density at radius 2 is 1.43 bits per heavy atom. The van der Waals surface area contributed by atoms with Crippen LogP contribution in [-0.2, 0) is 42.6 Å². The number of fused-ring (bicyclic) bond motifs is 6. The molecule has 0 amide bonds. The van der Waals surface area contributed by atoms with Gasteiger partial charge in [-0.2, -0.15) is 0 Å². The number of aryl methyl sites for hydroxylation is 2. The van der Waals surface area contributed by atoms with Gasteiger partial charge >= 0.3 is 220 Å². The second kappa shape index (κ2) is 11.1.